The van der Waals surface area contributed by atoms with Crippen molar-refractivity contribution in [2.75, 3.05) is 19.6 Å². The highest BCUT2D eigenvalue weighted by atomic mass is 19.1. The van der Waals surface area contributed by atoms with Gasteiger partial charge in [0.05, 0.1) is 12.1 Å². The van der Waals surface area contributed by atoms with Crippen LogP contribution in [0.3, 0.4) is 0 Å². The number of piperazine rings is 1. The predicted octanol–water partition coefficient (Wildman–Crippen LogP) is 0.715. The fraction of sp³-hybridized carbons (Fsp3) is 0.357. The van der Waals surface area contributed by atoms with Gasteiger partial charge in [-0.3, -0.25) is 9.59 Å². The van der Waals surface area contributed by atoms with E-state index in [4.69, 9.17) is 5.11 Å². The van der Waals surface area contributed by atoms with E-state index in [1.807, 2.05) is 0 Å². The number of carboxylic acid groups (broad SMARTS) is 1. The summed E-state index contributed by atoms with van der Waals surface area (Å²) in [5.41, 5.74) is 0.0263. The molecule has 1 aromatic rings. The van der Waals surface area contributed by atoms with E-state index in [-0.39, 0.29) is 42.6 Å². The Morgan fingerprint density at radius 2 is 1.86 bits per heavy atom. The van der Waals surface area contributed by atoms with Gasteiger partial charge < -0.3 is 14.9 Å². The second-order valence-corrected chi connectivity index (χ2v) is 4.77. The zero-order chi connectivity index (χ0) is 15.6. The van der Waals surface area contributed by atoms with Crippen LogP contribution in [-0.4, -0.2) is 52.3 Å². The van der Waals surface area contributed by atoms with Crippen molar-refractivity contribution in [1.29, 1.82) is 0 Å². The van der Waals surface area contributed by atoms with Gasteiger partial charge >= 0.3 is 5.97 Å². The highest BCUT2D eigenvalue weighted by Crippen LogP contribution is 2.15. The molecule has 0 radical (unpaired) electrons. The number of likely N-dealkylation sites (N-methyl/N-ethyl adjacent to an activating group) is 1. The number of carbonyl (C=O) groups excluding carboxylic acids is 2. The number of carboxylic acids is 1. The Bertz CT molecular complexity index is 603. The van der Waals surface area contributed by atoms with Crippen molar-refractivity contribution in [2.45, 2.75) is 13.5 Å². The molecule has 0 bridgehead atoms. The van der Waals surface area contributed by atoms with Crippen LogP contribution >= 0.6 is 0 Å². The molecule has 0 atom stereocenters. The number of halogens is 1. The Morgan fingerprint density at radius 1 is 1.24 bits per heavy atom. The molecule has 2 rings (SSSR count). The van der Waals surface area contributed by atoms with Crippen LogP contribution in [-0.2, 0) is 16.1 Å². The molecule has 0 unspecified atom stereocenters. The summed E-state index contributed by atoms with van der Waals surface area (Å²) in [6.07, 6.45) is 0. The van der Waals surface area contributed by atoms with Crippen molar-refractivity contribution in [3.05, 3.63) is 35.1 Å². The topological polar surface area (TPSA) is 77.9 Å². The normalized spacial score (nSPS) is 15.5. The van der Waals surface area contributed by atoms with Crippen molar-refractivity contribution >= 4 is 17.8 Å². The van der Waals surface area contributed by atoms with Gasteiger partial charge in [0.25, 0.3) is 0 Å². The number of rotatable bonds is 4. The first-order valence-corrected chi connectivity index (χ1v) is 6.49. The fourth-order valence-electron chi connectivity index (χ4n) is 2.17. The molecular formula is C14H15FN2O4. The minimum absolute atomic E-state index is 0.0322. The van der Waals surface area contributed by atoms with E-state index in [2.05, 4.69) is 0 Å². The molecule has 0 aliphatic carbocycles. The lowest BCUT2D eigenvalue weighted by Crippen LogP contribution is -2.53. The quantitative estimate of drug-likeness (QED) is 0.887. The van der Waals surface area contributed by atoms with Gasteiger partial charge in [-0.05, 0) is 25.1 Å². The molecule has 0 spiro atoms. The summed E-state index contributed by atoms with van der Waals surface area (Å²) in [5.74, 6) is -2.25. The third-order valence-corrected chi connectivity index (χ3v) is 3.39. The summed E-state index contributed by atoms with van der Waals surface area (Å²) in [6, 6.07) is 3.39. The van der Waals surface area contributed by atoms with Gasteiger partial charge in [-0.25, -0.2) is 9.18 Å². The molecular weight excluding hydrogens is 279 g/mol. The highest BCUT2D eigenvalue weighted by molar-refractivity contribution is 5.92. The maximum Gasteiger partial charge on any atom is 0.335 e. The largest absolute Gasteiger partial charge is 0.478 e. The zero-order valence-electron chi connectivity index (χ0n) is 11.5. The minimum atomic E-state index is -1.17. The van der Waals surface area contributed by atoms with Crippen LogP contribution in [0.5, 0.6) is 0 Å². The van der Waals surface area contributed by atoms with Crippen molar-refractivity contribution in [3.63, 3.8) is 0 Å². The molecule has 0 aromatic heterocycles. The number of hydrogen-bond donors (Lipinski definition) is 1. The Kier molecular flexibility index (Phi) is 4.21. The molecule has 6 nitrogen and oxygen atoms in total. The van der Waals surface area contributed by atoms with Crippen LogP contribution < -0.4 is 0 Å². The summed E-state index contributed by atoms with van der Waals surface area (Å²) < 4.78 is 13.7. The van der Waals surface area contributed by atoms with Gasteiger partial charge in [-0.15, -0.1) is 0 Å². The Labute approximate surface area is 120 Å². The minimum Gasteiger partial charge on any atom is -0.478 e. The molecule has 1 fully saturated rings. The molecule has 21 heavy (non-hydrogen) atoms. The van der Waals surface area contributed by atoms with Crippen molar-refractivity contribution in [2.24, 2.45) is 0 Å². The summed E-state index contributed by atoms with van der Waals surface area (Å²) in [6.45, 7) is 1.95. The number of amides is 2. The zero-order valence-corrected chi connectivity index (χ0v) is 11.5. The summed E-state index contributed by atoms with van der Waals surface area (Å²) in [5, 5.41) is 8.90. The number of benzene rings is 1. The molecule has 7 heteroatoms. The van der Waals surface area contributed by atoms with E-state index in [0.29, 0.717) is 6.54 Å². The number of carbonyl (C=O) groups is 3. The standard InChI is InChI=1S/C14H15FN2O4/c1-2-16-7-13(19)17(8-12(16)18)6-10-5-9(14(20)21)3-4-11(10)15/h3-5H,2,6-8H2,1H3,(H,20,21). The molecule has 1 aliphatic heterocycles. The second kappa shape index (κ2) is 5.90. The first kappa shape index (κ1) is 15.0. The first-order valence-electron chi connectivity index (χ1n) is 6.49. The van der Waals surface area contributed by atoms with Crippen LogP contribution in [0.4, 0.5) is 4.39 Å². The van der Waals surface area contributed by atoms with E-state index >= 15 is 0 Å². The Morgan fingerprint density at radius 3 is 2.48 bits per heavy atom. The molecule has 2 amide bonds. The van der Waals surface area contributed by atoms with Gasteiger partial charge in [0, 0.05) is 18.7 Å². The molecule has 1 N–H and O–H groups in total. The van der Waals surface area contributed by atoms with Crippen LogP contribution in [0, 0.1) is 5.82 Å². The van der Waals surface area contributed by atoms with Gasteiger partial charge in [-0.2, -0.15) is 0 Å². The van der Waals surface area contributed by atoms with E-state index in [9.17, 15) is 18.8 Å². The van der Waals surface area contributed by atoms with Crippen LogP contribution in [0.15, 0.2) is 18.2 Å². The van der Waals surface area contributed by atoms with Gasteiger partial charge in [0.15, 0.2) is 0 Å². The summed E-state index contributed by atoms with van der Waals surface area (Å²) >= 11 is 0. The maximum atomic E-state index is 13.7. The van der Waals surface area contributed by atoms with Crippen LogP contribution in [0.1, 0.15) is 22.8 Å². The molecule has 1 saturated heterocycles. The maximum absolute atomic E-state index is 13.7. The van der Waals surface area contributed by atoms with Gasteiger partial charge in [0.1, 0.15) is 12.4 Å². The SMILES string of the molecule is CCN1CC(=O)N(Cc2cc(C(=O)O)ccc2F)CC1=O. The third-order valence-electron chi connectivity index (χ3n) is 3.39. The second-order valence-electron chi connectivity index (χ2n) is 4.77. The van der Waals surface area contributed by atoms with E-state index in [0.717, 1.165) is 12.1 Å². The van der Waals surface area contributed by atoms with Crippen molar-refractivity contribution in [1.82, 2.24) is 9.80 Å². The Hall–Kier alpha value is -2.44. The average molecular weight is 294 g/mol. The van der Waals surface area contributed by atoms with Crippen molar-refractivity contribution in [3.8, 4) is 0 Å². The summed E-state index contributed by atoms with van der Waals surface area (Å²) in [7, 11) is 0. The van der Waals surface area contributed by atoms with Crippen LogP contribution in [0.25, 0.3) is 0 Å². The van der Waals surface area contributed by atoms with Crippen LogP contribution in [0.2, 0.25) is 0 Å². The third kappa shape index (κ3) is 3.18. The van der Waals surface area contributed by atoms with E-state index < -0.39 is 11.8 Å². The van der Waals surface area contributed by atoms with E-state index in [1.54, 1.807) is 6.92 Å². The molecule has 1 aromatic carbocycles. The first-order chi connectivity index (χ1) is 9.92. The summed E-state index contributed by atoms with van der Waals surface area (Å²) in [4.78, 5) is 37.3. The molecule has 1 aliphatic rings. The van der Waals surface area contributed by atoms with Gasteiger partial charge in [0.2, 0.25) is 11.8 Å². The van der Waals surface area contributed by atoms with Gasteiger partial charge in [-0.1, -0.05) is 0 Å². The predicted molar refractivity (Wildman–Crippen MR) is 71.0 cm³/mol. The lowest BCUT2D eigenvalue weighted by molar-refractivity contribution is -0.150. The smallest absolute Gasteiger partial charge is 0.335 e. The lowest BCUT2D eigenvalue weighted by atomic mass is 10.1. The number of nitrogens with zero attached hydrogens (tertiary/aromatic N) is 2. The lowest BCUT2D eigenvalue weighted by Gasteiger charge is -2.33. The molecule has 1 heterocycles. The van der Waals surface area contributed by atoms with Crippen molar-refractivity contribution < 1.29 is 23.9 Å². The number of hydrogen-bond acceptors (Lipinski definition) is 3. The monoisotopic (exact) mass is 294 g/mol. The fourth-order valence-corrected chi connectivity index (χ4v) is 2.17. The average Bonchev–Trinajstić information content (AvgIpc) is 2.44. The Balaban J connectivity index is 2.18. The van der Waals surface area contributed by atoms with E-state index in [1.165, 1.54) is 15.9 Å². The molecule has 112 valence electrons. The number of aromatic carboxylic acids is 1. The highest BCUT2D eigenvalue weighted by Gasteiger charge is 2.29. The molecule has 0 saturated carbocycles.